The molecule has 0 saturated heterocycles. The summed E-state index contributed by atoms with van der Waals surface area (Å²) in [5.74, 6) is -0.135. The smallest absolute Gasteiger partial charge is 0.128 e. The molecule has 0 fully saturated rings. The van der Waals surface area contributed by atoms with E-state index in [4.69, 9.17) is 4.74 Å². The van der Waals surface area contributed by atoms with Gasteiger partial charge in [-0.05, 0) is 25.6 Å². The summed E-state index contributed by atoms with van der Waals surface area (Å²) in [6.45, 7) is 8.42. The molecule has 0 aromatic heterocycles. The predicted molar refractivity (Wildman–Crippen MR) is 81.4 cm³/mol. The van der Waals surface area contributed by atoms with Crippen molar-refractivity contribution in [2.75, 3.05) is 39.9 Å². The highest BCUT2D eigenvalue weighted by atomic mass is 19.1. The lowest BCUT2D eigenvalue weighted by atomic mass is 10.1. The highest BCUT2D eigenvalue weighted by Crippen LogP contribution is 2.18. The summed E-state index contributed by atoms with van der Waals surface area (Å²) >= 11 is 0. The maximum absolute atomic E-state index is 14.0. The van der Waals surface area contributed by atoms with Gasteiger partial charge in [0, 0.05) is 31.8 Å². The zero-order chi connectivity index (χ0) is 14.8. The Hall–Kier alpha value is -0.970. The number of ether oxygens (including phenoxy) is 1. The van der Waals surface area contributed by atoms with Crippen LogP contribution in [0.15, 0.2) is 24.3 Å². The molecule has 1 N–H and O–H groups in total. The van der Waals surface area contributed by atoms with Crippen LogP contribution in [0.4, 0.5) is 4.39 Å². The second-order valence-electron chi connectivity index (χ2n) is 4.91. The molecule has 20 heavy (non-hydrogen) atoms. The largest absolute Gasteiger partial charge is 0.383 e. The Morgan fingerprint density at radius 3 is 2.65 bits per heavy atom. The molecular formula is C16H27FN2O. The van der Waals surface area contributed by atoms with Gasteiger partial charge < -0.3 is 10.1 Å². The zero-order valence-electron chi connectivity index (χ0n) is 12.9. The van der Waals surface area contributed by atoms with Crippen LogP contribution in [0.3, 0.4) is 0 Å². The van der Waals surface area contributed by atoms with E-state index in [1.807, 2.05) is 12.1 Å². The van der Waals surface area contributed by atoms with E-state index in [-0.39, 0.29) is 11.9 Å². The maximum Gasteiger partial charge on any atom is 0.128 e. The van der Waals surface area contributed by atoms with Crippen LogP contribution in [0.25, 0.3) is 0 Å². The average Bonchev–Trinajstić information content (AvgIpc) is 2.47. The number of nitrogens with one attached hydrogen (secondary N) is 1. The highest BCUT2D eigenvalue weighted by molar-refractivity contribution is 5.21. The van der Waals surface area contributed by atoms with Crippen molar-refractivity contribution >= 4 is 0 Å². The molecule has 1 aromatic rings. The van der Waals surface area contributed by atoms with Gasteiger partial charge in [-0.25, -0.2) is 4.39 Å². The number of hydrogen-bond donors (Lipinski definition) is 1. The summed E-state index contributed by atoms with van der Waals surface area (Å²) < 4.78 is 19.1. The van der Waals surface area contributed by atoms with Crippen molar-refractivity contribution in [1.82, 2.24) is 10.2 Å². The van der Waals surface area contributed by atoms with Crippen LogP contribution >= 0.6 is 0 Å². The van der Waals surface area contributed by atoms with Gasteiger partial charge in [0.25, 0.3) is 0 Å². The Kier molecular flexibility index (Phi) is 8.42. The van der Waals surface area contributed by atoms with E-state index >= 15 is 0 Å². The van der Waals surface area contributed by atoms with Gasteiger partial charge in [0.1, 0.15) is 5.82 Å². The third-order valence-electron chi connectivity index (χ3n) is 3.42. The minimum absolute atomic E-state index is 0.0213. The fourth-order valence-electron chi connectivity index (χ4n) is 2.21. The van der Waals surface area contributed by atoms with Crippen molar-refractivity contribution in [3.05, 3.63) is 35.6 Å². The highest BCUT2D eigenvalue weighted by Gasteiger charge is 2.17. The van der Waals surface area contributed by atoms with Crippen LogP contribution in [0.1, 0.15) is 31.9 Å². The van der Waals surface area contributed by atoms with Crippen LogP contribution in [-0.4, -0.2) is 44.8 Å². The van der Waals surface area contributed by atoms with Crippen LogP contribution in [-0.2, 0) is 4.74 Å². The molecule has 0 aliphatic carbocycles. The first-order chi connectivity index (χ1) is 9.72. The third-order valence-corrected chi connectivity index (χ3v) is 3.42. The molecule has 3 nitrogen and oxygen atoms in total. The molecular weight excluding hydrogens is 255 g/mol. The van der Waals surface area contributed by atoms with Gasteiger partial charge in [0.2, 0.25) is 0 Å². The molecule has 0 radical (unpaired) electrons. The maximum atomic E-state index is 14.0. The first kappa shape index (κ1) is 17.1. The first-order valence-electron chi connectivity index (χ1n) is 7.42. The fraction of sp³-hybridized carbons (Fsp3) is 0.625. The summed E-state index contributed by atoms with van der Waals surface area (Å²) in [7, 11) is 1.71. The van der Waals surface area contributed by atoms with E-state index in [1.54, 1.807) is 13.2 Å². The van der Waals surface area contributed by atoms with E-state index in [2.05, 4.69) is 24.1 Å². The number of hydrogen-bond acceptors (Lipinski definition) is 3. The van der Waals surface area contributed by atoms with Crippen molar-refractivity contribution < 1.29 is 9.13 Å². The molecule has 0 amide bonds. The van der Waals surface area contributed by atoms with Gasteiger partial charge >= 0.3 is 0 Å². The van der Waals surface area contributed by atoms with Crippen molar-refractivity contribution in [2.24, 2.45) is 0 Å². The van der Waals surface area contributed by atoms with Crippen molar-refractivity contribution in [3.63, 3.8) is 0 Å². The van der Waals surface area contributed by atoms with Crippen LogP contribution in [0.5, 0.6) is 0 Å². The molecule has 1 unspecified atom stereocenters. The minimum atomic E-state index is -0.135. The van der Waals surface area contributed by atoms with Crippen molar-refractivity contribution in [1.29, 1.82) is 0 Å². The number of methoxy groups -OCH3 is 1. The Morgan fingerprint density at radius 2 is 2.05 bits per heavy atom. The van der Waals surface area contributed by atoms with E-state index in [1.165, 1.54) is 6.07 Å². The van der Waals surface area contributed by atoms with Gasteiger partial charge in [-0.15, -0.1) is 0 Å². The molecule has 1 aromatic carbocycles. The molecule has 0 aliphatic rings. The normalized spacial score (nSPS) is 12.8. The van der Waals surface area contributed by atoms with Gasteiger partial charge in [-0.1, -0.05) is 32.0 Å². The lowest BCUT2D eigenvalue weighted by Crippen LogP contribution is -2.37. The molecule has 1 rings (SSSR count). The number of likely N-dealkylation sites (N-methyl/N-ethyl adjacent to an activating group) is 1. The summed E-state index contributed by atoms with van der Waals surface area (Å²) in [5.41, 5.74) is 0.747. The molecule has 114 valence electrons. The zero-order valence-corrected chi connectivity index (χ0v) is 12.9. The second-order valence-corrected chi connectivity index (χ2v) is 4.91. The number of benzene rings is 1. The molecule has 4 heteroatoms. The lowest BCUT2D eigenvalue weighted by molar-refractivity contribution is 0.143. The van der Waals surface area contributed by atoms with Gasteiger partial charge in [0.05, 0.1) is 6.61 Å². The van der Waals surface area contributed by atoms with Crippen LogP contribution in [0.2, 0.25) is 0 Å². The molecule has 0 aliphatic heterocycles. The van der Waals surface area contributed by atoms with Crippen molar-refractivity contribution in [3.8, 4) is 0 Å². The van der Waals surface area contributed by atoms with E-state index < -0.39 is 0 Å². The van der Waals surface area contributed by atoms with Crippen LogP contribution < -0.4 is 5.32 Å². The molecule has 0 spiro atoms. The van der Waals surface area contributed by atoms with Gasteiger partial charge in [-0.2, -0.15) is 0 Å². The Morgan fingerprint density at radius 1 is 1.30 bits per heavy atom. The summed E-state index contributed by atoms with van der Waals surface area (Å²) in [4.78, 5) is 2.28. The Balaban J connectivity index is 2.75. The number of rotatable bonds is 10. The van der Waals surface area contributed by atoms with E-state index in [9.17, 15) is 4.39 Å². The van der Waals surface area contributed by atoms with E-state index in [0.717, 1.165) is 38.2 Å². The second kappa shape index (κ2) is 9.86. The number of nitrogens with zero attached hydrogens (tertiary/aromatic N) is 1. The van der Waals surface area contributed by atoms with E-state index in [0.29, 0.717) is 6.61 Å². The first-order valence-corrected chi connectivity index (χ1v) is 7.42. The Labute approximate surface area is 122 Å². The van der Waals surface area contributed by atoms with Gasteiger partial charge in [0.15, 0.2) is 0 Å². The van der Waals surface area contributed by atoms with Crippen molar-refractivity contribution in [2.45, 2.75) is 26.3 Å². The topological polar surface area (TPSA) is 24.5 Å². The molecule has 0 heterocycles. The van der Waals surface area contributed by atoms with Gasteiger partial charge in [-0.3, -0.25) is 4.90 Å². The predicted octanol–water partition coefficient (Wildman–Crippen LogP) is 2.83. The monoisotopic (exact) mass is 282 g/mol. The average molecular weight is 282 g/mol. The lowest BCUT2D eigenvalue weighted by Gasteiger charge is -2.27. The third kappa shape index (κ3) is 5.57. The SMILES string of the molecule is CCCNC(CN(CC)CCOC)c1ccccc1F. The molecule has 1 atom stereocenters. The molecule has 0 bridgehead atoms. The van der Waals surface area contributed by atoms with Crippen LogP contribution in [0, 0.1) is 5.82 Å². The summed E-state index contributed by atoms with van der Waals surface area (Å²) in [6.07, 6.45) is 1.04. The summed E-state index contributed by atoms with van der Waals surface area (Å²) in [6, 6.07) is 7.05. The number of halogens is 1. The molecule has 0 saturated carbocycles. The minimum Gasteiger partial charge on any atom is -0.383 e. The Bertz CT molecular complexity index is 373. The fourth-order valence-corrected chi connectivity index (χ4v) is 2.21. The summed E-state index contributed by atoms with van der Waals surface area (Å²) in [5, 5.41) is 3.45. The standard InChI is InChI=1S/C16H27FN2O/c1-4-10-18-16(13-19(5-2)11-12-20-3)14-8-6-7-9-15(14)17/h6-9,16,18H,4-5,10-13H2,1-3H3. The quantitative estimate of drug-likeness (QED) is 0.714.